The first kappa shape index (κ1) is 12.3. The summed E-state index contributed by atoms with van der Waals surface area (Å²) in [6.45, 7) is 1.50. The Labute approximate surface area is 112 Å². The van der Waals surface area contributed by atoms with Crippen molar-refractivity contribution < 1.29 is 14.3 Å². The molecule has 2 aliphatic rings. The lowest BCUT2D eigenvalue weighted by Gasteiger charge is -2.26. The van der Waals surface area contributed by atoms with E-state index in [4.69, 9.17) is 15.2 Å². The smallest absolute Gasteiger partial charge is 0.264 e. The van der Waals surface area contributed by atoms with Gasteiger partial charge in [-0.15, -0.1) is 0 Å². The van der Waals surface area contributed by atoms with Crippen LogP contribution in [-0.2, 0) is 4.79 Å². The minimum atomic E-state index is -0.580. The highest BCUT2D eigenvalue weighted by Crippen LogP contribution is 2.43. The van der Waals surface area contributed by atoms with Gasteiger partial charge in [-0.2, -0.15) is 0 Å². The van der Waals surface area contributed by atoms with E-state index < -0.39 is 6.10 Å². The standard InChI is InChI=1S/C14H18N2O3/c15-8-14(5-6-14)9-16-13(17)12-7-18-10-3-1-2-4-11(10)19-12/h1-4,12H,5-9,15H2,(H,16,17). The lowest BCUT2D eigenvalue weighted by molar-refractivity contribution is -0.130. The van der Waals surface area contributed by atoms with Gasteiger partial charge >= 0.3 is 0 Å². The SMILES string of the molecule is NCC1(CNC(=O)C2COc3ccccc3O2)CC1. The molecule has 1 aliphatic heterocycles. The maximum atomic E-state index is 12.0. The predicted octanol–water partition coefficient (Wildman–Crippen LogP) is 0.681. The first-order valence-electron chi connectivity index (χ1n) is 6.59. The zero-order valence-electron chi connectivity index (χ0n) is 10.7. The summed E-state index contributed by atoms with van der Waals surface area (Å²) in [5, 5.41) is 2.91. The fourth-order valence-electron chi connectivity index (χ4n) is 2.17. The second kappa shape index (κ2) is 4.74. The van der Waals surface area contributed by atoms with Crippen molar-refractivity contribution in [2.45, 2.75) is 18.9 Å². The third-order valence-electron chi connectivity index (χ3n) is 3.83. The Morgan fingerprint density at radius 1 is 1.37 bits per heavy atom. The molecule has 0 saturated heterocycles. The molecule has 0 radical (unpaired) electrons. The number of carbonyl (C=O) groups is 1. The summed E-state index contributed by atoms with van der Waals surface area (Å²) in [4.78, 5) is 12.0. The van der Waals surface area contributed by atoms with Crippen LogP contribution in [0.25, 0.3) is 0 Å². The van der Waals surface area contributed by atoms with Crippen LogP contribution in [0, 0.1) is 5.41 Å². The molecule has 1 saturated carbocycles. The van der Waals surface area contributed by atoms with Crippen molar-refractivity contribution in [1.82, 2.24) is 5.32 Å². The van der Waals surface area contributed by atoms with Crippen LogP contribution in [0.1, 0.15) is 12.8 Å². The number of hydrogen-bond donors (Lipinski definition) is 2. The van der Waals surface area contributed by atoms with Gasteiger partial charge in [0.05, 0.1) is 0 Å². The molecule has 1 fully saturated rings. The molecule has 1 heterocycles. The Bertz CT molecular complexity index is 485. The molecule has 0 aromatic heterocycles. The average Bonchev–Trinajstić information content (AvgIpc) is 3.25. The summed E-state index contributed by atoms with van der Waals surface area (Å²) in [5.41, 5.74) is 5.82. The highest BCUT2D eigenvalue weighted by Gasteiger charge is 2.42. The minimum Gasteiger partial charge on any atom is -0.485 e. The predicted molar refractivity (Wildman–Crippen MR) is 70.1 cm³/mol. The molecule has 19 heavy (non-hydrogen) atoms. The van der Waals surface area contributed by atoms with Crippen molar-refractivity contribution in [2.24, 2.45) is 11.1 Å². The quantitative estimate of drug-likeness (QED) is 0.837. The van der Waals surface area contributed by atoms with Gasteiger partial charge in [-0.25, -0.2) is 0 Å². The van der Waals surface area contributed by atoms with Gasteiger partial charge in [0.2, 0.25) is 6.10 Å². The zero-order chi connectivity index (χ0) is 13.3. The number of benzene rings is 1. The molecule has 5 heteroatoms. The highest BCUT2D eigenvalue weighted by atomic mass is 16.6. The largest absolute Gasteiger partial charge is 0.485 e. The van der Waals surface area contributed by atoms with Crippen LogP contribution in [0.4, 0.5) is 0 Å². The maximum Gasteiger partial charge on any atom is 0.264 e. The van der Waals surface area contributed by atoms with E-state index in [-0.39, 0.29) is 17.9 Å². The van der Waals surface area contributed by atoms with Gasteiger partial charge in [0.15, 0.2) is 11.5 Å². The second-order valence-corrected chi connectivity index (χ2v) is 5.29. The van der Waals surface area contributed by atoms with Crippen molar-refractivity contribution in [1.29, 1.82) is 0 Å². The lowest BCUT2D eigenvalue weighted by atomic mass is 10.1. The molecule has 5 nitrogen and oxygen atoms in total. The van der Waals surface area contributed by atoms with Gasteiger partial charge < -0.3 is 20.5 Å². The number of carbonyl (C=O) groups excluding carboxylic acids is 1. The molecule has 1 aliphatic carbocycles. The van der Waals surface area contributed by atoms with Gasteiger partial charge in [-0.1, -0.05) is 12.1 Å². The van der Waals surface area contributed by atoms with Crippen LogP contribution in [0.5, 0.6) is 11.5 Å². The lowest BCUT2D eigenvalue weighted by Crippen LogP contribution is -2.46. The number of hydrogen-bond acceptors (Lipinski definition) is 4. The molecule has 1 aromatic carbocycles. The Hall–Kier alpha value is -1.75. The maximum absolute atomic E-state index is 12.0. The third-order valence-corrected chi connectivity index (χ3v) is 3.83. The van der Waals surface area contributed by atoms with E-state index in [1.807, 2.05) is 18.2 Å². The first-order valence-corrected chi connectivity index (χ1v) is 6.59. The van der Waals surface area contributed by atoms with E-state index in [1.165, 1.54) is 0 Å². The molecule has 1 atom stereocenters. The fraction of sp³-hybridized carbons (Fsp3) is 0.500. The van der Waals surface area contributed by atoms with Crippen LogP contribution in [0.3, 0.4) is 0 Å². The van der Waals surface area contributed by atoms with Crippen molar-refractivity contribution in [3.8, 4) is 11.5 Å². The van der Waals surface area contributed by atoms with Crippen molar-refractivity contribution in [3.05, 3.63) is 24.3 Å². The molecule has 0 spiro atoms. The van der Waals surface area contributed by atoms with E-state index >= 15 is 0 Å². The molecular formula is C14H18N2O3. The summed E-state index contributed by atoms with van der Waals surface area (Å²) >= 11 is 0. The molecule has 102 valence electrons. The van der Waals surface area contributed by atoms with Gasteiger partial charge in [-0.3, -0.25) is 4.79 Å². The fourth-order valence-corrected chi connectivity index (χ4v) is 2.17. The van der Waals surface area contributed by atoms with Crippen molar-refractivity contribution in [2.75, 3.05) is 19.7 Å². The molecular weight excluding hydrogens is 244 g/mol. The normalized spacial score (nSPS) is 22.7. The first-order chi connectivity index (χ1) is 9.22. The van der Waals surface area contributed by atoms with E-state index in [1.54, 1.807) is 6.07 Å². The topological polar surface area (TPSA) is 73.6 Å². The van der Waals surface area contributed by atoms with Gasteiger partial charge in [-0.05, 0) is 36.9 Å². The van der Waals surface area contributed by atoms with Gasteiger partial charge in [0.25, 0.3) is 5.91 Å². The second-order valence-electron chi connectivity index (χ2n) is 5.29. The molecule has 1 amide bonds. The molecule has 3 rings (SSSR count). The zero-order valence-corrected chi connectivity index (χ0v) is 10.7. The number of ether oxygens (including phenoxy) is 2. The summed E-state index contributed by atoms with van der Waals surface area (Å²) in [6, 6.07) is 7.37. The molecule has 1 aromatic rings. The number of rotatable bonds is 4. The van der Waals surface area contributed by atoms with Gasteiger partial charge in [0.1, 0.15) is 6.61 Å². The van der Waals surface area contributed by atoms with Crippen LogP contribution < -0.4 is 20.5 Å². The third kappa shape index (κ3) is 2.51. The Morgan fingerprint density at radius 3 is 2.79 bits per heavy atom. The molecule has 3 N–H and O–H groups in total. The number of amides is 1. The molecule has 0 bridgehead atoms. The average molecular weight is 262 g/mol. The number of nitrogens with one attached hydrogen (secondary N) is 1. The van der Waals surface area contributed by atoms with Crippen LogP contribution in [0.2, 0.25) is 0 Å². The van der Waals surface area contributed by atoms with E-state index in [9.17, 15) is 4.79 Å². The van der Waals surface area contributed by atoms with Crippen LogP contribution in [-0.4, -0.2) is 31.7 Å². The summed E-state index contributed by atoms with van der Waals surface area (Å²) < 4.78 is 11.2. The van der Waals surface area contributed by atoms with Crippen molar-refractivity contribution in [3.63, 3.8) is 0 Å². The van der Waals surface area contributed by atoms with Crippen LogP contribution in [0.15, 0.2) is 24.3 Å². The summed E-state index contributed by atoms with van der Waals surface area (Å²) in [6.07, 6.45) is 1.60. The Kier molecular flexibility index (Phi) is 3.06. The Morgan fingerprint density at radius 2 is 2.11 bits per heavy atom. The van der Waals surface area contributed by atoms with E-state index in [0.29, 0.717) is 24.6 Å². The van der Waals surface area contributed by atoms with E-state index in [2.05, 4.69) is 5.32 Å². The summed E-state index contributed by atoms with van der Waals surface area (Å²) in [7, 11) is 0. The van der Waals surface area contributed by atoms with Gasteiger partial charge in [0, 0.05) is 6.54 Å². The summed E-state index contributed by atoms with van der Waals surface area (Å²) in [5.74, 6) is 1.18. The van der Waals surface area contributed by atoms with Crippen molar-refractivity contribution >= 4 is 5.91 Å². The van der Waals surface area contributed by atoms with E-state index in [0.717, 1.165) is 12.8 Å². The van der Waals surface area contributed by atoms with Crippen LogP contribution >= 0.6 is 0 Å². The monoisotopic (exact) mass is 262 g/mol. The Balaban J connectivity index is 1.57. The number of nitrogens with two attached hydrogens (primary N) is 1. The number of para-hydroxylation sites is 2. The molecule has 1 unspecified atom stereocenters. The highest BCUT2D eigenvalue weighted by molar-refractivity contribution is 5.81. The number of fused-ring (bicyclic) bond motifs is 1. The minimum absolute atomic E-state index is 0.128.